The number of sulfonamides is 1. The van der Waals surface area contributed by atoms with E-state index in [4.69, 9.17) is 11.6 Å². The van der Waals surface area contributed by atoms with Crippen LogP contribution in [-0.4, -0.2) is 38.3 Å². The van der Waals surface area contributed by atoms with Crippen LogP contribution in [0.2, 0.25) is 0 Å². The van der Waals surface area contributed by atoms with Gasteiger partial charge in [0.05, 0.1) is 4.90 Å². The van der Waals surface area contributed by atoms with E-state index in [2.05, 4.69) is 15.9 Å². The van der Waals surface area contributed by atoms with Crippen molar-refractivity contribution in [2.24, 2.45) is 0 Å². The number of benzene rings is 1. The Kier molecular flexibility index (Phi) is 6.47. The fraction of sp³-hybridized carbons (Fsp3) is 0.455. The van der Waals surface area contributed by atoms with Gasteiger partial charge in [0.25, 0.3) is 0 Å². The molecule has 0 saturated carbocycles. The molecule has 0 bridgehead atoms. The summed E-state index contributed by atoms with van der Waals surface area (Å²) in [6.07, 6.45) is 1.95. The molecule has 0 unspecified atom stereocenters. The van der Waals surface area contributed by atoms with Crippen LogP contribution in [0.15, 0.2) is 27.6 Å². The van der Waals surface area contributed by atoms with E-state index >= 15 is 0 Å². The van der Waals surface area contributed by atoms with Crippen LogP contribution in [0.1, 0.15) is 5.56 Å². The molecule has 0 saturated heterocycles. The summed E-state index contributed by atoms with van der Waals surface area (Å²) in [6, 6.07) is 5.13. The minimum Gasteiger partial charge on any atom is -0.207 e. The smallest absolute Gasteiger partial charge is 0.207 e. The Morgan fingerprint density at radius 1 is 1.44 bits per heavy atom. The van der Waals surface area contributed by atoms with Gasteiger partial charge in [-0.25, -0.2) is 12.7 Å². The van der Waals surface area contributed by atoms with Gasteiger partial charge in [-0.3, -0.25) is 0 Å². The SMILES string of the molecule is CSCCN(C)S(=O)(=O)c1cc(CCl)ccc1Br. The van der Waals surface area contributed by atoms with E-state index in [1.54, 1.807) is 37.0 Å². The number of nitrogens with zero attached hydrogens (tertiary/aromatic N) is 1. The van der Waals surface area contributed by atoms with Crippen molar-refractivity contribution in [2.75, 3.05) is 25.6 Å². The number of thioether (sulfide) groups is 1. The molecule has 0 heterocycles. The molecule has 18 heavy (non-hydrogen) atoms. The Balaban J connectivity index is 3.11. The summed E-state index contributed by atoms with van der Waals surface area (Å²) in [4.78, 5) is 0.268. The third-order valence-electron chi connectivity index (χ3n) is 2.45. The second-order valence-electron chi connectivity index (χ2n) is 3.72. The molecule has 0 amide bonds. The summed E-state index contributed by atoms with van der Waals surface area (Å²) in [7, 11) is -1.87. The Bertz CT molecular complexity index is 508. The van der Waals surface area contributed by atoms with Gasteiger partial charge in [0.15, 0.2) is 0 Å². The standard InChI is InChI=1S/C11H15BrClNO2S2/c1-14(5-6-17-2)18(15,16)11-7-9(8-13)3-4-10(11)12/h3-4,7H,5-6,8H2,1-2H3. The quantitative estimate of drug-likeness (QED) is 0.720. The predicted octanol–water partition coefficient (Wildman–Crippen LogP) is 3.17. The maximum absolute atomic E-state index is 12.4. The molecule has 1 aromatic carbocycles. The van der Waals surface area contributed by atoms with Gasteiger partial charge >= 0.3 is 0 Å². The molecule has 0 aliphatic rings. The minimum absolute atomic E-state index is 0.268. The lowest BCUT2D eigenvalue weighted by atomic mass is 10.2. The van der Waals surface area contributed by atoms with Gasteiger partial charge in [-0.05, 0) is 39.9 Å². The van der Waals surface area contributed by atoms with Gasteiger partial charge in [-0.2, -0.15) is 11.8 Å². The van der Waals surface area contributed by atoms with Gasteiger partial charge in [0, 0.05) is 29.7 Å². The van der Waals surface area contributed by atoms with Crippen LogP contribution in [-0.2, 0) is 15.9 Å². The van der Waals surface area contributed by atoms with Crippen molar-refractivity contribution in [1.82, 2.24) is 4.31 Å². The predicted molar refractivity (Wildman–Crippen MR) is 81.9 cm³/mol. The fourth-order valence-corrected chi connectivity index (χ4v) is 4.22. The van der Waals surface area contributed by atoms with Crippen LogP contribution in [0.4, 0.5) is 0 Å². The monoisotopic (exact) mass is 371 g/mol. The lowest BCUT2D eigenvalue weighted by Crippen LogP contribution is -2.29. The summed E-state index contributed by atoms with van der Waals surface area (Å²) >= 11 is 10.6. The topological polar surface area (TPSA) is 37.4 Å². The van der Waals surface area contributed by atoms with Crippen molar-refractivity contribution in [3.63, 3.8) is 0 Å². The molecule has 0 fully saturated rings. The molecule has 0 radical (unpaired) electrons. The second kappa shape index (κ2) is 7.14. The molecular weight excluding hydrogens is 358 g/mol. The molecule has 0 N–H and O–H groups in total. The van der Waals surface area contributed by atoms with Crippen molar-refractivity contribution < 1.29 is 8.42 Å². The first-order valence-electron chi connectivity index (χ1n) is 5.23. The third kappa shape index (κ3) is 3.87. The average Bonchev–Trinajstić information content (AvgIpc) is 2.36. The highest BCUT2D eigenvalue weighted by Crippen LogP contribution is 2.26. The molecule has 3 nitrogen and oxygen atoms in total. The van der Waals surface area contributed by atoms with E-state index in [1.807, 2.05) is 6.26 Å². The van der Waals surface area contributed by atoms with Crippen molar-refractivity contribution in [3.8, 4) is 0 Å². The molecule has 0 aliphatic carbocycles. The molecule has 1 aromatic rings. The molecule has 1 rings (SSSR count). The zero-order chi connectivity index (χ0) is 13.8. The summed E-state index contributed by atoms with van der Waals surface area (Å²) in [5.74, 6) is 1.06. The molecule has 0 spiro atoms. The zero-order valence-electron chi connectivity index (χ0n) is 10.2. The van der Waals surface area contributed by atoms with Gasteiger partial charge in [-0.1, -0.05) is 6.07 Å². The number of hydrogen-bond acceptors (Lipinski definition) is 3. The Morgan fingerprint density at radius 2 is 2.11 bits per heavy atom. The highest BCUT2D eigenvalue weighted by atomic mass is 79.9. The first-order chi connectivity index (χ1) is 8.43. The largest absolute Gasteiger partial charge is 0.243 e. The van der Waals surface area contributed by atoms with Gasteiger partial charge in [0.1, 0.15) is 0 Å². The molecule has 0 atom stereocenters. The zero-order valence-corrected chi connectivity index (χ0v) is 14.2. The van der Waals surface area contributed by atoms with Crippen molar-refractivity contribution >= 4 is 49.3 Å². The average molecular weight is 373 g/mol. The van der Waals surface area contributed by atoms with Gasteiger partial charge in [0.2, 0.25) is 10.0 Å². The van der Waals surface area contributed by atoms with Crippen LogP contribution in [0.3, 0.4) is 0 Å². The van der Waals surface area contributed by atoms with Crippen LogP contribution < -0.4 is 0 Å². The highest BCUT2D eigenvalue weighted by Gasteiger charge is 2.23. The summed E-state index contributed by atoms with van der Waals surface area (Å²) in [5, 5.41) is 0. The lowest BCUT2D eigenvalue weighted by molar-refractivity contribution is 0.488. The molecule has 0 aliphatic heterocycles. The number of hydrogen-bond donors (Lipinski definition) is 0. The van der Waals surface area contributed by atoms with Crippen LogP contribution in [0, 0.1) is 0 Å². The van der Waals surface area contributed by atoms with E-state index in [-0.39, 0.29) is 4.90 Å². The molecule has 102 valence electrons. The van der Waals surface area contributed by atoms with Crippen LogP contribution in [0.25, 0.3) is 0 Å². The normalized spacial score (nSPS) is 12.1. The van der Waals surface area contributed by atoms with E-state index in [1.165, 1.54) is 4.31 Å². The summed E-state index contributed by atoms with van der Waals surface area (Å²) in [5.41, 5.74) is 0.789. The van der Waals surface area contributed by atoms with E-state index in [0.29, 0.717) is 16.9 Å². The molecule has 0 aromatic heterocycles. The molecular formula is C11H15BrClNO2S2. The number of rotatable bonds is 6. The van der Waals surface area contributed by atoms with Crippen molar-refractivity contribution in [3.05, 3.63) is 28.2 Å². The van der Waals surface area contributed by atoms with E-state index in [9.17, 15) is 8.42 Å². The maximum Gasteiger partial charge on any atom is 0.243 e. The van der Waals surface area contributed by atoms with Crippen LogP contribution >= 0.6 is 39.3 Å². The van der Waals surface area contributed by atoms with Crippen molar-refractivity contribution in [2.45, 2.75) is 10.8 Å². The Hall–Kier alpha value is 0.250. The number of halogens is 2. The van der Waals surface area contributed by atoms with E-state index < -0.39 is 10.0 Å². The Morgan fingerprint density at radius 3 is 2.67 bits per heavy atom. The number of alkyl halides is 1. The third-order valence-corrected chi connectivity index (χ3v) is 6.20. The lowest BCUT2D eigenvalue weighted by Gasteiger charge is -2.18. The van der Waals surface area contributed by atoms with E-state index in [0.717, 1.165) is 11.3 Å². The molecule has 7 heteroatoms. The minimum atomic E-state index is -3.46. The Labute approximate surface area is 126 Å². The summed E-state index contributed by atoms with van der Waals surface area (Å²) in [6.45, 7) is 0.487. The highest BCUT2D eigenvalue weighted by molar-refractivity contribution is 9.10. The fourth-order valence-electron chi connectivity index (χ4n) is 1.34. The maximum atomic E-state index is 12.4. The van der Waals surface area contributed by atoms with Gasteiger partial charge < -0.3 is 0 Å². The van der Waals surface area contributed by atoms with Crippen molar-refractivity contribution in [1.29, 1.82) is 0 Å². The first-order valence-corrected chi connectivity index (χ1v) is 9.39. The van der Waals surface area contributed by atoms with Gasteiger partial charge in [-0.15, -0.1) is 11.6 Å². The summed E-state index contributed by atoms with van der Waals surface area (Å²) < 4.78 is 26.7. The second-order valence-corrected chi connectivity index (χ2v) is 7.84. The van der Waals surface area contributed by atoms with Crippen LogP contribution in [0.5, 0.6) is 0 Å². The first kappa shape index (κ1) is 16.3.